The molecule has 5 aliphatic carbocycles. The zero-order chi connectivity index (χ0) is 33.4. The summed E-state index contributed by atoms with van der Waals surface area (Å²) >= 11 is 0. The topological polar surface area (TPSA) is 71.2 Å². The summed E-state index contributed by atoms with van der Waals surface area (Å²) in [5, 5.41) is 6.56. The van der Waals surface area contributed by atoms with Crippen molar-refractivity contribution in [1.82, 2.24) is 9.80 Å². The fourth-order valence-electron chi connectivity index (χ4n) is 10.3. The molecule has 8 nitrogen and oxygen atoms in total. The first kappa shape index (κ1) is 33.1. The van der Waals surface area contributed by atoms with Gasteiger partial charge in [0.05, 0.1) is 0 Å². The first-order chi connectivity index (χ1) is 23.2. The monoisotopic (exact) mass is 654 g/mol. The maximum Gasteiger partial charge on any atom is 0.322 e. The van der Waals surface area contributed by atoms with Crippen LogP contribution in [-0.2, 0) is 0 Å². The maximum absolute atomic E-state index is 14.0. The summed E-state index contributed by atoms with van der Waals surface area (Å²) in [7, 11) is 8.15. The van der Waals surface area contributed by atoms with Crippen LogP contribution in [-0.4, -0.2) is 75.2 Å². The molecule has 0 radical (unpaired) electrons. The smallest absolute Gasteiger partial charge is 0.322 e. The number of amides is 4. The van der Waals surface area contributed by atoms with Crippen molar-refractivity contribution in [2.75, 3.05) is 61.7 Å². The molecule has 5 fully saturated rings. The zero-order valence-corrected chi connectivity index (χ0v) is 29.7. The summed E-state index contributed by atoms with van der Waals surface area (Å²) in [6.45, 7) is 1.65. The van der Waals surface area contributed by atoms with Gasteiger partial charge in [0.15, 0.2) is 0 Å². The number of hydrogen-bond donors (Lipinski definition) is 2. The van der Waals surface area contributed by atoms with Crippen LogP contribution in [0.15, 0.2) is 48.5 Å². The van der Waals surface area contributed by atoms with Crippen molar-refractivity contribution in [3.05, 3.63) is 48.5 Å². The number of benzene rings is 2. The largest absolute Gasteiger partial charge is 0.378 e. The van der Waals surface area contributed by atoms with E-state index in [1.165, 1.54) is 44.9 Å². The molecule has 2 aromatic carbocycles. The Hall–Kier alpha value is -3.42. The van der Waals surface area contributed by atoms with Gasteiger partial charge in [-0.05, 0) is 142 Å². The van der Waals surface area contributed by atoms with Gasteiger partial charge in [0.1, 0.15) is 0 Å². The molecule has 8 atom stereocenters. The lowest BCUT2D eigenvalue weighted by atomic mass is 9.80. The number of urea groups is 2. The summed E-state index contributed by atoms with van der Waals surface area (Å²) in [4.78, 5) is 36.7. The summed E-state index contributed by atoms with van der Waals surface area (Å²) < 4.78 is 0. The lowest BCUT2D eigenvalue weighted by Gasteiger charge is -2.41. The van der Waals surface area contributed by atoms with E-state index in [0.29, 0.717) is 35.8 Å². The van der Waals surface area contributed by atoms with Crippen molar-refractivity contribution < 1.29 is 9.59 Å². The molecule has 2 N–H and O–H groups in total. The van der Waals surface area contributed by atoms with Gasteiger partial charge in [0, 0.05) is 76.1 Å². The van der Waals surface area contributed by atoms with E-state index in [0.717, 1.165) is 79.8 Å². The molecular weight excluding hydrogens is 596 g/mol. The van der Waals surface area contributed by atoms with E-state index >= 15 is 0 Å². The molecule has 48 heavy (non-hydrogen) atoms. The lowest BCUT2D eigenvalue weighted by molar-refractivity contribution is 0.105. The minimum absolute atomic E-state index is 0.0653. The molecule has 0 aliphatic heterocycles. The van der Waals surface area contributed by atoms with E-state index < -0.39 is 0 Å². The lowest BCUT2D eigenvalue weighted by Crippen LogP contribution is -2.50. The first-order valence-corrected chi connectivity index (χ1v) is 18.9. The van der Waals surface area contributed by atoms with Crippen LogP contribution >= 0.6 is 0 Å². The van der Waals surface area contributed by atoms with E-state index in [4.69, 9.17) is 0 Å². The minimum Gasteiger partial charge on any atom is -0.378 e. The normalized spacial score (nSPS) is 30.2. The predicted octanol–water partition coefficient (Wildman–Crippen LogP) is 8.37. The van der Waals surface area contributed by atoms with Crippen LogP contribution in [0.2, 0.25) is 0 Å². The number of carbonyl (C=O) groups excluding carboxylic acids is 2. The third kappa shape index (κ3) is 7.28. The molecule has 6 unspecified atom stereocenters. The Kier molecular flexibility index (Phi) is 9.79. The van der Waals surface area contributed by atoms with Crippen LogP contribution in [0.1, 0.15) is 77.0 Å². The maximum atomic E-state index is 14.0. The van der Waals surface area contributed by atoms with Crippen molar-refractivity contribution in [2.45, 2.75) is 89.1 Å². The van der Waals surface area contributed by atoms with Crippen molar-refractivity contribution >= 4 is 34.8 Å². The number of anilines is 4. The van der Waals surface area contributed by atoms with Crippen LogP contribution in [0.3, 0.4) is 0 Å². The van der Waals surface area contributed by atoms with Gasteiger partial charge in [-0.25, -0.2) is 9.59 Å². The van der Waals surface area contributed by atoms with Gasteiger partial charge in [-0.3, -0.25) is 0 Å². The Morgan fingerprint density at radius 3 is 1.31 bits per heavy atom. The first-order valence-electron chi connectivity index (χ1n) is 18.9. The molecule has 0 aromatic heterocycles. The van der Waals surface area contributed by atoms with Crippen molar-refractivity contribution in [3.63, 3.8) is 0 Å². The fraction of sp³-hybridized carbons (Fsp3) is 0.650. The molecule has 7 rings (SSSR count). The van der Waals surface area contributed by atoms with Gasteiger partial charge >= 0.3 is 12.1 Å². The number of carbonyl (C=O) groups is 2. The minimum atomic E-state index is 0.0653. The van der Waals surface area contributed by atoms with E-state index in [2.05, 4.69) is 54.5 Å². The fourth-order valence-corrected chi connectivity index (χ4v) is 10.3. The molecule has 4 amide bonds. The summed E-state index contributed by atoms with van der Waals surface area (Å²) in [5.41, 5.74) is 3.98. The highest BCUT2D eigenvalue weighted by molar-refractivity contribution is 5.90. The average Bonchev–Trinajstić information content (AvgIpc) is 3.90. The molecule has 0 heterocycles. The molecule has 2 aromatic rings. The number of nitrogens with zero attached hydrogens (tertiary/aromatic N) is 4. The molecule has 5 aliphatic rings. The number of rotatable bonds is 10. The van der Waals surface area contributed by atoms with Crippen LogP contribution in [0.25, 0.3) is 0 Å². The van der Waals surface area contributed by atoms with Crippen LogP contribution in [0.5, 0.6) is 0 Å². The highest BCUT2D eigenvalue weighted by atomic mass is 16.2. The van der Waals surface area contributed by atoms with Gasteiger partial charge in [0.2, 0.25) is 0 Å². The zero-order valence-electron chi connectivity index (χ0n) is 29.7. The van der Waals surface area contributed by atoms with Crippen molar-refractivity contribution in [1.29, 1.82) is 0 Å². The predicted molar refractivity (Wildman–Crippen MR) is 197 cm³/mol. The highest BCUT2D eigenvalue weighted by Crippen LogP contribution is 2.49. The van der Waals surface area contributed by atoms with Gasteiger partial charge in [-0.15, -0.1) is 0 Å². The summed E-state index contributed by atoms with van der Waals surface area (Å²) in [6.07, 6.45) is 14.6. The SMILES string of the molecule is CN(C)c1ccc(NC(=O)N(C[C@@H]2CCC[C@H](CN(C(=O)Nc3ccc(N(C)C)cc3)C3CC4CCC3C4)C2)C2CC3CCC2C3)cc1. The number of hydrogen-bond acceptors (Lipinski definition) is 4. The molecule has 5 saturated carbocycles. The van der Waals surface area contributed by atoms with Gasteiger partial charge in [-0.1, -0.05) is 19.3 Å². The number of fused-ring (bicyclic) bond motifs is 4. The molecule has 260 valence electrons. The summed E-state index contributed by atoms with van der Waals surface area (Å²) in [5.74, 6) is 3.77. The molecule has 0 spiro atoms. The van der Waals surface area contributed by atoms with E-state index in [-0.39, 0.29) is 12.1 Å². The van der Waals surface area contributed by atoms with E-state index in [1.807, 2.05) is 52.5 Å². The Labute approximate surface area is 288 Å². The molecule has 0 saturated heterocycles. The van der Waals surface area contributed by atoms with E-state index in [1.54, 1.807) is 0 Å². The summed E-state index contributed by atoms with van der Waals surface area (Å²) in [6, 6.07) is 17.2. The molecule has 8 heteroatoms. The second kappa shape index (κ2) is 14.2. The van der Waals surface area contributed by atoms with Crippen LogP contribution in [0, 0.1) is 35.5 Å². The Bertz CT molecular complexity index is 1300. The van der Waals surface area contributed by atoms with Crippen molar-refractivity contribution in [3.8, 4) is 0 Å². The van der Waals surface area contributed by atoms with Gasteiger partial charge in [-0.2, -0.15) is 0 Å². The second-order valence-electron chi connectivity index (χ2n) is 16.4. The Balaban J connectivity index is 1.03. The quantitative estimate of drug-likeness (QED) is 0.270. The van der Waals surface area contributed by atoms with Gasteiger partial charge in [0.25, 0.3) is 0 Å². The molecule has 4 bridgehead atoms. The van der Waals surface area contributed by atoms with Crippen LogP contribution < -0.4 is 20.4 Å². The van der Waals surface area contributed by atoms with Crippen LogP contribution in [0.4, 0.5) is 32.3 Å². The van der Waals surface area contributed by atoms with Crippen molar-refractivity contribution in [2.24, 2.45) is 35.5 Å². The number of nitrogens with one attached hydrogen (secondary N) is 2. The average molecular weight is 655 g/mol. The third-order valence-corrected chi connectivity index (χ3v) is 12.8. The third-order valence-electron chi connectivity index (χ3n) is 12.8. The highest BCUT2D eigenvalue weighted by Gasteiger charge is 2.46. The second-order valence-corrected chi connectivity index (χ2v) is 16.4. The Morgan fingerprint density at radius 1 is 0.562 bits per heavy atom. The van der Waals surface area contributed by atoms with Gasteiger partial charge < -0.3 is 30.2 Å². The standard InChI is InChI=1S/C40H58N6O2/c1-43(2)35-16-12-33(13-17-35)41-39(47)45(37-23-27-8-10-31(37)21-27)25-29-6-5-7-30(20-29)26-46(38-24-28-9-11-32(38)22-28)40(48)42-34-14-18-36(19-15-34)44(3)4/h12-19,27-32,37-38H,5-11,20-26H2,1-4H3,(H,41,47)(H,42,48)/t27?,28?,29-,30+,31?,32?,37?,38?. The van der Waals surface area contributed by atoms with E-state index in [9.17, 15) is 9.59 Å². The molecular formula is C40H58N6O2. The Morgan fingerprint density at radius 2 is 0.979 bits per heavy atom.